The second-order valence-corrected chi connectivity index (χ2v) is 9.37. The Labute approximate surface area is 219 Å². The largest absolute Gasteiger partial charge is 0.478 e. The molecule has 13 heteroatoms. The van der Waals surface area contributed by atoms with Crippen molar-refractivity contribution in [1.82, 2.24) is 14.4 Å². The van der Waals surface area contributed by atoms with E-state index in [-0.39, 0.29) is 22.5 Å². The quantitative estimate of drug-likeness (QED) is 0.305. The van der Waals surface area contributed by atoms with E-state index in [0.717, 1.165) is 0 Å². The first kappa shape index (κ1) is 26.6. The molecule has 0 bridgehead atoms. The highest BCUT2D eigenvalue weighted by atomic mass is 19.4. The van der Waals surface area contributed by atoms with Crippen LogP contribution in [-0.2, 0) is 10.7 Å². The summed E-state index contributed by atoms with van der Waals surface area (Å²) in [6.45, 7) is 4.87. The van der Waals surface area contributed by atoms with Gasteiger partial charge in [-0.15, -0.1) is 0 Å². The molecule has 2 N–H and O–H groups in total. The first-order chi connectivity index (χ1) is 18.4. The molecule has 1 saturated heterocycles. The van der Waals surface area contributed by atoms with E-state index in [0.29, 0.717) is 54.8 Å². The summed E-state index contributed by atoms with van der Waals surface area (Å²) in [5.41, 5.74) is 0.510. The molecule has 2 aromatic heterocycles. The molecule has 1 aliphatic rings. The number of aryl methyl sites for hydroxylation is 1. The maximum Gasteiger partial charge on any atom is 0.459 e. The molecule has 1 aliphatic heterocycles. The first-order valence-corrected chi connectivity index (χ1v) is 12.1. The highest BCUT2D eigenvalue weighted by Gasteiger charge is 2.60. The Morgan fingerprint density at radius 2 is 1.79 bits per heavy atom. The lowest BCUT2D eigenvalue weighted by Crippen LogP contribution is -2.38. The molecule has 0 radical (unpaired) electrons. The number of nitrogens with zero attached hydrogens (tertiary/aromatic N) is 4. The van der Waals surface area contributed by atoms with E-state index < -0.39 is 29.8 Å². The number of hydrogen-bond donors (Lipinski definition) is 2. The van der Waals surface area contributed by atoms with Crippen molar-refractivity contribution in [3.63, 3.8) is 0 Å². The molecule has 1 fully saturated rings. The van der Waals surface area contributed by atoms with Gasteiger partial charge >= 0.3 is 18.1 Å². The molecule has 0 saturated carbocycles. The van der Waals surface area contributed by atoms with Crippen LogP contribution in [0.15, 0.2) is 42.6 Å². The van der Waals surface area contributed by atoms with Crippen LogP contribution < -0.4 is 10.2 Å². The highest BCUT2D eigenvalue weighted by Crippen LogP contribution is 2.44. The lowest BCUT2D eigenvalue weighted by atomic mass is 10.0. The van der Waals surface area contributed by atoms with Crippen LogP contribution in [0, 0.1) is 6.92 Å². The van der Waals surface area contributed by atoms with Crippen LogP contribution in [-0.4, -0.2) is 57.9 Å². The van der Waals surface area contributed by atoms with Crippen LogP contribution in [0.4, 0.5) is 33.6 Å². The topological polar surface area (TPSA) is 92.0 Å². The number of nitrogens with one attached hydrogen (secondary N) is 1. The van der Waals surface area contributed by atoms with Gasteiger partial charge in [-0.05, 0) is 37.6 Å². The van der Waals surface area contributed by atoms with E-state index in [1.54, 1.807) is 43.0 Å². The summed E-state index contributed by atoms with van der Waals surface area (Å²) in [4.78, 5) is 22.0. The second kappa shape index (κ2) is 9.63. The van der Waals surface area contributed by atoms with Gasteiger partial charge in [0, 0.05) is 35.9 Å². The third kappa shape index (κ3) is 4.71. The average molecular weight is 550 g/mol. The number of para-hydroxylation sites is 1. The van der Waals surface area contributed by atoms with Gasteiger partial charge in [0.25, 0.3) is 0 Å². The zero-order valence-corrected chi connectivity index (χ0v) is 20.9. The zero-order chi connectivity index (χ0) is 28.1. The smallest absolute Gasteiger partial charge is 0.459 e. The minimum absolute atomic E-state index is 0.0537. The Hall–Kier alpha value is -4.00. The number of aromatic nitrogens is 3. The van der Waals surface area contributed by atoms with E-state index in [9.17, 15) is 31.9 Å². The number of morpholine rings is 1. The number of rotatable bonds is 6. The monoisotopic (exact) mass is 549 g/mol. The summed E-state index contributed by atoms with van der Waals surface area (Å²) in [5, 5.41) is 13.0. The van der Waals surface area contributed by atoms with Crippen LogP contribution in [0.5, 0.6) is 0 Å². The minimum Gasteiger partial charge on any atom is -0.478 e. The van der Waals surface area contributed by atoms with Gasteiger partial charge in [-0.1, -0.05) is 18.2 Å². The lowest BCUT2D eigenvalue weighted by Gasteiger charge is -2.29. The molecule has 5 rings (SSSR count). The molecule has 206 valence electrons. The molecule has 0 spiro atoms. The number of carboxylic acids is 1. The van der Waals surface area contributed by atoms with Crippen molar-refractivity contribution in [2.45, 2.75) is 32.0 Å². The minimum atomic E-state index is -5.83. The highest BCUT2D eigenvalue weighted by molar-refractivity contribution is 5.96. The number of fused-ring (bicyclic) bond motifs is 3. The van der Waals surface area contributed by atoms with Gasteiger partial charge in [0.05, 0.1) is 30.3 Å². The Bertz CT molecular complexity index is 1560. The van der Waals surface area contributed by atoms with E-state index in [2.05, 4.69) is 10.3 Å². The Balaban J connectivity index is 1.73. The molecular formula is C26H24F5N5O3. The molecule has 0 amide bonds. The van der Waals surface area contributed by atoms with Crippen LogP contribution in [0.3, 0.4) is 0 Å². The van der Waals surface area contributed by atoms with E-state index in [1.807, 2.05) is 6.07 Å². The maximum atomic E-state index is 14.4. The molecule has 1 unspecified atom stereocenters. The zero-order valence-electron chi connectivity index (χ0n) is 20.9. The third-order valence-corrected chi connectivity index (χ3v) is 6.63. The normalized spacial score (nSPS) is 15.6. The first-order valence-electron chi connectivity index (χ1n) is 12.1. The van der Waals surface area contributed by atoms with E-state index in [4.69, 9.17) is 9.72 Å². The molecule has 1 atom stereocenters. The fourth-order valence-electron chi connectivity index (χ4n) is 4.70. The van der Waals surface area contributed by atoms with Gasteiger partial charge in [-0.3, -0.25) is 4.40 Å². The average Bonchev–Trinajstić information content (AvgIpc) is 3.34. The predicted molar refractivity (Wildman–Crippen MR) is 134 cm³/mol. The SMILES string of the molecule is Cc1cc(C(C)Nc2ccccc2C(=O)O)c2nc(N3CCOCC3)n3cc(C(F)(F)C(F)(F)F)nc3c2c1. The van der Waals surface area contributed by atoms with Crippen LogP contribution in [0.1, 0.15) is 40.1 Å². The van der Waals surface area contributed by atoms with Gasteiger partial charge in [0.1, 0.15) is 11.3 Å². The maximum absolute atomic E-state index is 14.4. The van der Waals surface area contributed by atoms with Crippen molar-refractivity contribution in [2.75, 3.05) is 36.5 Å². The number of imidazole rings is 1. The predicted octanol–water partition coefficient (Wildman–Crippen LogP) is 5.55. The summed E-state index contributed by atoms with van der Waals surface area (Å²) >= 11 is 0. The molecule has 8 nitrogen and oxygen atoms in total. The van der Waals surface area contributed by atoms with Crippen molar-refractivity contribution in [2.24, 2.45) is 0 Å². The summed E-state index contributed by atoms with van der Waals surface area (Å²) in [7, 11) is 0. The van der Waals surface area contributed by atoms with Crippen molar-refractivity contribution in [1.29, 1.82) is 0 Å². The molecule has 2 aromatic carbocycles. The number of ether oxygens (including phenoxy) is 1. The third-order valence-electron chi connectivity index (χ3n) is 6.63. The van der Waals surface area contributed by atoms with Crippen LogP contribution in [0.25, 0.3) is 16.6 Å². The fraction of sp³-hybridized carbons (Fsp3) is 0.346. The van der Waals surface area contributed by atoms with Gasteiger partial charge in [0.2, 0.25) is 5.95 Å². The van der Waals surface area contributed by atoms with Crippen LogP contribution in [0.2, 0.25) is 0 Å². The van der Waals surface area contributed by atoms with Gasteiger partial charge < -0.3 is 20.1 Å². The Morgan fingerprint density at radius 1 is 1.10 bits per heavy atom. The summed E-state index contributed by atoms with van der Waals surface area (Å²) in [6, 6.07) is 9.27. The van der Waals surface area contributed by atoms with Gasteiger partial charge in [-0.25, -0.2) is 14.8 Å². The lowest BCUT2D eigenvalue weighted by molar-refractivity contribution is -0.290. The van der Waals surface area contributed by atoms with Crippen molar-refractivity contribution in [3.8, 4) is 0 Å². The van der Waals surface area contributed by atoms with E-state index >= 15 is 0 Å². The molecule has 39 heavy (non-hydrogen) atoms. The number of anilines is 2. The van der Waals surface area contributed by atoms with Crippen LogP contribution >= 0.6 is 0 Å². The number of hydrogen-bond acceptors (Lipinski definition) is 6. The number of benzene rings is 2. The number of aromatic carboxylic acids is 1. The van der Waals surface area contributed by atoms with Crippen molar-refractivity contribution in [3.05, 3.63) is 65.0 Å². The van der Waals surface area contributed by atoms with Gasteiger partial charge in [-0.2, -0.15) is 22.0 Å². The summed E-state index contributed by atoms with van der Waals surface area (Å²) in [5.74, 6) is -6.14. The standard InChI is InChI=1S/C26H24F5N5O3/c1-14-11-17(15(2)32-19-6-4-3-5-16(19)23(37)38)21-18(12-14)22-33-20(25(27,28)26(29,30)31)13-36(22)24(34-21)35-7-9-39-10-8-35/h3-6,11-13,15,32H,7-10H2,1-2H3,(H,37,38). The molecular weight excluding hydrogens is 525 g/mol. The van der Waals surface area contributed by atoms with Crippen molar-refractivity contribution >= 4 is 34.2 Å². The van der Waals surface area contributed by atoms with Crippen molar-refractivity contribution < 1.29 is 36.6 Å². The molecule has 3 heterocycles. The number of alkyl halides is 5. The number of halogens is 5. The van der Waals surface area contributed by atoms with E-state index in [1.165, 1.54) is 10.5 Å². The fourth-order valence-corrected chi connectivity index (χ4v) is 4.70. The molecule has 4 aromatic rings. The Kier molecular flexibility index (Phi) is 6.57. The summed E-state index contributed by atoms with van der Waals surface area (Å²) in [6.07, 6.45) is -5.14. The number of carboxylic acid groups (broad SMARTS) is 1. The van der Waals surface area contributed by atoms with Gasteiger partial charge in [0.15, 0.2) is 0 Å². The Morgan fingerprint density at radius 3 is 2.46 bits per heavy atom. The second-order valence-electron chi connectivity index (χ2n) is 9.37. The number of carbonyl (C=O) groups is 1. The summed E-state index contributed by atoms with van der Waals surface area (Å²) < 4.78 is 75.1. The molecule has 0 aliphatic carbocycles.